The third kappa shape index (κ3) is 5.54. The number of benzene rings is 2. The first-order valence-corrected chi connectivity index (χ1v) is 8.45. The van der Waals surface area contributed by atoms with Gasteiger partial charge in [-0.05, 0) is 37.1 Å². The third-order valence-electron chi connectivity index (χ3n) is 3.92. The van der Waals surface area contributed by atoms with E-state index in [9.17, 15) is 18.8 Å². The minimum atomic E-state index is -0.990. The number of carbonyl (C=O) groups excluding carboxylic acids is 3. The zero-order chi connectivity index (χ0) is 20.7. The predicted molar refractivity (Wildman–Crippen MR) is 101 cm³/mol. The van der Waals surface area contributed by atoms with Gasteiger partial charge in [-0.25, -0.2) is 9.18 Å². The normalized spacial score (nSPS) is 10.1. The maximum Gasteiger partial charge on any atom is 0.341 e. The molecule has 0 radical (unpaired) electrons. The lowest BCUT2D eigenvalue weighted by atomic mass is 10.1. The number of esters is 1. The van der Waals surface area contributed by atoms with Gasteiger partial charge in [0.1, 0.15) is 11.6 Å². The van der Waals surface area contributed by atoms with Crippen molar-refractivity contribution >= 4 is 23.5 Å². The molecule has 0 aromatic heterocycles. The molecule has 0 unspecified atom stereocenters. The lowest BCUT2D eigenvalue weighted by molar-refractivity contribution is -0.126. The summed E-state index contributed by atoms with van der Waals surface area (Å²) in [6, 6.07) is 9.23. The molecule has 0 aliphatic heterocycles. The Morgan fingerprint density at radius 3 is 2.32 bits per heavy atom. The van der Waals surface area contributed by atoms with Crippen molar-refractivity contribution in [3.8, 4) is 5.75 Å². The summed E-state index contributed by atoms with van der Waals surface area (Å²) < 4.78 is 23.4. The largest absolute Gasteiger partial charge is 0.497 e. The van der Waals surface area contributed by atoms with E-state index in [-0.39, 0.29) is 17.9 Å². The molecule has 2 aromatic rings. The molecule has 28 heavy (non-hydrogen) atoms. The fraction of sp³-hybridized carbons (Fsp3) is 0.250. The van der Waals surface area contributed by atoms with Gasteiger partial charge in [0.15, 0.2) is 6.61 Å². The summed E-state index contributed by atoms with van der Waals surface area (Å²) >= 11 is 0. The second kappa shape index (κ2) is 9.50. The molecule has 0 aliphatic carbocycles. The van der Waals surface area contributed by atoms with Crippen LogP contribution in [0.25, 0.3) is 0 Å². The Morgan fingerprint density at radius 2 is 1.71 bits per heavy atom. The fourth-order valence-electron chi connectivity index (χ4n) is 2.42. The minimum absolute atomic E-state index is 0.252. The van der Waals surface area contributed by atoms with E-state index >= 15 is 0 Å². The number of para-hydroxylation sites is 1. The monoisotopic (exact) mass is 388 g/mol. The Balaban J connectivity index is 1.81. The Bertz CT molecular complexity index is 878. The standard InChI is InChI=1S/C20H21FN2O5/c1-12-5-4-6-13(2)19(12)23-17(24)10-22-18(25)11-28-20(26)15-8-7-14(27-3)9-16(15)21/h4-9H,10-11H2,1-3H3,(H,22,25)(H,23,24). The lowest BCUT2D eigenvalue weighted by Gasteiger charge is -2.12. The summed E-state index contributed by atoms with van der Waals surface area (Å²) in [5, 5.41) is 5.06. The molecule has 0 saturated carbocycles. The second-order valence-corrected chi connectivity index (χ2v) is 6.01. The van der Waals surface area contributed by atoms with Crippen LogP contribution in [0.4, 0.5) is 10.1 Å². The molecular formula is C20H21FN2O5. The van der Waals surface area contributed by atoms with Crippen LogP contribution in [0.2, 0.25) is 0 Å². The average Bonchev–Trinajstić information content (AvgIpc) is 2.67. The number of amides is 2. The predicted octanol–water partition coefficient (Wildman–Crippen LogP) is 2.36. The first kappa shape index (κ1) is 20.9. The third-order valence-corrected chi connectivity index (χ3v) is 3.92. The van der Waals surface area contributed by atoms with Crippen molar-refractivity contribution in [3.05, 3.63) is 58.9 Å². The molecule has 148 valence electrons. The van der Waals surface area contributed by atoms with Gasteiger partial charge in [0.25, 0.3) is 5.91 Å². The van der Waals surface area contributed by atoms with E-state index in [1.165, 1.54) is 19.2 Å². The summed E-state index contributed by atoms with van der Waals surface area (Å²) in [4.78, 5) is 35.6. The minimum Gasteiger partial charge on any atom is -0.497 e. The van der Waals surface area contributed by atoms with Crippen molar-refractivity contribution in [2.24, 2.45) is 0 Å². The van der Waals surface area contributed by atoms with Crippen LogP contribution >= 0.6 is 0 Å². The summed E-state index contributed by atoms with van der Waals surface area (Å²) in [5.41, 5.74) is 2.16. The number of methoxy groups -OCH3 is 1. The number of aryl methyl sites for hydroxylation is 2. The molecule has 2 aromatic carbocycles. The van der Waals surface area contributed by atoms with Crippen LogP contribution in [0.15, 0.2) is 36.4 Å². The van der Waals surface area contributed by atoms with Crippen LogP contribution in [0.3, 0.4) is 0 Å². The number of halogens is 1. The van der Waals surface area contributed by atoms with E-state index < -0.39 is 30.2 Å². The summed E-state index contributed by atoms with van der Waals surface area (Å²) in [6.07, 6.45) is 0. The summed E-state index contributed by atoms with van der Waals surface area (Å²) in [7, 11) is 1.37. The molecular weight excluding hydrogens is 367 g/mol. The average molecular weight is 388 g/mol. The zero-order valence-electron chi connectivity index (χ0n) is 15.8. The van der Waals surface area contributed by atoms with Crippen molar-refractivity contribution in [3.63, 3.8) is 0 Å². The van der Waals surface area contributed by atoms with Crippen molar-refractivity contribution in [1.29, 1.82) is 0 Å². The number of rotatable bonds is 7. The van der Waals surface area contributed by atoms with Crippen LogP contribution in [0.5, 0.6) is 5.75 Å². The zero-order valence-corrected chi connectivity index (χ0v) is 15.8. The van der Waals surface area contributed by atoms with Gasteiger partial charge >= 0.3 is 5.97 Å². The quantitative estimate of drug-likeness (QED) is 0.711. The van der Waals surface area contributed by atoms with E-state index in [1.807, 2.05) is 32.0 Å². The number of hydrogen-bond donors (Lipinski definition) is 2. The highest BCUT2D eigenvalue weighted by molar-refractivity contribution is 5.96. The van der Waals surface area contributed by atoms with Crippen LogP contribution in [0.1, 0.15) is 21.5 Å². The number of ether oxygens (including phenoxy) is 2. The second-order valence-electron chi connectivity index (χ2n) is 6.01. The molecule has 0 aliphatic rings. The number of nitrogens with one attached hydrogen (secondary N) is 2. The van der Waals surface area contributed by atoms with Crippen LogP contribution in [0, 0.1) is 19.7 Å². The molecule has 0 heterocycles. The highest BCUT2D eigenvalue weighted by Crippen LogP contribution is 2.19. The highest BCUT2D eigenvalue weighted by Gasteiger charge is 2.16. The Hall–Kier alpha value is -3.42. The van der Waals surface area contributed by atoms with Gasteiger partial charge in [-0.1, -0.05) is 18.2 Å². The van der Waals surface area contributed by atoms with Crippen molar-refractivity contribution < 1.29 is 28.2 Å². The van der Waals surface area contributed by atoms with Gasteiger partial charge in [0.05, 0.1) is 19.2 Å². The summed E-state index contributed by atoms with van der Waals surface area (Å²) in [5.74, 6) is -2.66. The van der Waals surface area contributed by atoms with E-state index in [1.54, 1.807) is 0 Å². The Morgan fingerprint density at radius 1 is 1.04 bits per heavy atom. The van der Waals surface area contributed by atoms with Gasteiger partial charge in [-0.3, -0.25) is 9.59 Å². The first-order valence-electron chi connectivity index (χ1n) is 8.45. The highest BCUT2D eigenvalue weighted by atomic mass is 19.1. The topological polar surface area (TPSA) is 93.7 Å². The maximum atomic E-state index is 13.8. The molecule has 2 N–H and O–H groups in total. The molecule has 7 nitrogen and oxygen atoms in total. The van der Waals surface area contributed by atoms with Gasteiger partial charge < -0.3 is 20.1 Å². The van der Waals surface area contributed by atoms with Gasteiger partial charge in [0, 0.05) is 11.8 Å². The van der Waals surface area contributed by atoms with E-state index in [2.05, 4.69) is 10.6 Å². The van der Waals surface area contributed by atoms with E-state index in [0.29, 0.717) is 5.69 Å². The van der Waals surface area contributed by atoms with Crippen molar-refractivity contribution in [2.75, 3.05) is 25.6 Å². The fourth-order valence-corrected chi connectivity index (χ4v) is 2.42. The van der Waals surface area contributed by atoms with Gasteiger partial charge in [-0.15, -0.1) is 0 Å². The Labute approximate surface area is 161 Å². The van der Waals surface area contributed by atoms with Gasteiger partial charge in [0.2, 0.25) is 5.91 Å². The maximum absolute atomic E-state index is 13.8. The van der Waals surface area contributed by atoms with Crippen LogP contribution < -0.4 is 15.4 Å². The SMILES string of the molecule is COc1ccc(C(=O)OCC(=O)NCC(=O)Nc2c(C)cccc2C)c(F)c1. The molecule has 2 amide bonds. The summed E-state index contributed by atoms with van der Waals surface area (Å²) in [6.45, 7) is 2.79. The van der Waals surface area contributed by atoms with E-state index in [4.69, 9.17) is 9.47 Å². The molecule has 0 spiro atoms. The molecule has 0 bridgehead atoms. The number of carbonyl (C=O) groups is 3. The first-order chi connectivity index (χ1) is 13.3. The number of anilines is 1. The molecule has 8 heteroatoms. The molecule has 0 fully saturated rings. The Kier molecular flexibility index (Phi) is 7.08. The molecule has 0 saturated heterocycles. The van der Waals surface area contributed by atoms with Crippen LogP contribution in [-0.4, -0.2) is 38.0 Å². The van der Waals surface area contributed by atoms with E-state index in [0.717, 1.165) is 17.2 Å². The van der Waals surface area contributed by atoms with Crippen LogP contribution in [-0.2, 0) is 14.3 Å². The smallest absolute Gasteiger partial charge is 0.341 e. The van der Waals surface area contributed by atoms with Crippen molar-refractivity contribution in [1.82, 2.24) is 5.32 Å². The molecule has 2 rings (SSSR count). The number of hydrogen-bond acceptors (Lipinski definition) is 5. The molecule has 0 atom stereocenters. The van der Waals surface area contributed by atoms with Gasteiger partial charge in [-0.2, -0.15) is 0 Å². The van der Waals surface area contributed by atoms with Crippen molar-refractivity contribution in [2.45, 2.75) is 13.8 Å². The lowest BCUT2D eigenvalue weighted by Crippen LogP contribution is -2.35.